The van der Waals surface area contributed by atoms with Crippen molar-refractivity contribution in [1.82, 2.24) is 4.90 Å². The van der Waals surface area contributed by atoms with Gasteiger partial charge in [0.05, 0.1) is 25.0 Å². The molecule has 0 bridgehead atoms. The monoisotopic (exact) mass is 407 g/mol. The van der Waals surface area contributed by atoms with Crippen LogP contribution in [0.25, 0.3) is 0 Å². The van der Waals surface area contributed by atoms with Gasteiger partial charge in [0.25, 0.3) is 0 Å². The molecule has 1 fully saturated rings. The molecule has 1 heterocycles. The number of rotatable bonds is 4. The molecule has 1 aliphatic carbocycles. The molecule has 0 unspecified atom stereocenters. The van der Waals surface area contributed by atoms with E-state index in [2.05, 4.69) is 13.0 Å². The third-order valence-electron chi connectivity index (χ3n) is 6.57. The fraction of sp³-hybridized carbons (Fsp3) is 0.417. The van der Waals surface area contributed by atoms with E-state index in [0.717, 1.165) is 48.4 Å². The molecular weight excluding hydrogens is 378 g/mol. The van der Waals surface area contributed by atoms with Crippen LogP contribution in [-0.2, 0) is 11.3 Å². The standard InChI is InChI=1S/C24H29N3O3/c1-15-5-4-6-21-20(15)14-26(18-9-7-17(8-10-18)23(25)28)24(29)27(21)19-11-12-22(30-3)16(2)13-19/h4-6,11-13,17-18H,7-10,14H2,1-3H3,(H2,25,28). The summed E-state index contributed by atoms with van der Waals surface area (Å²) in [6.45, 7) is 4.67. The molecule has 30 heavy (non-hydrogen) atoms. The van der Waals surface area contributed by atoms with Crippen LogP contribution >= 0.6 is 0 Å². The number of nitrogens with two attached hydrogens (primary N) is 1. The minimum Gasteiger partial charge on any atom is -0.496 e. The molecule has 1 saturated carbocycles. The van der Waals surface area contributed by atoms with Gasteiger partial charge in [0, 0.05) is 12.0 Å². The SMILES string of the molecule is COc1ccc(N2C(=O)N(C3CCC(C(N)=O)CC3)Cc3c(C)cccc32)cc1C. The fourth-order valence-corrected chi connectivity index (χ4v) is 4.78. The van der Waals surface area contributed by atoms with Gasteiger partial charge in [0.2, 0.25) is 5.91 Å². The summed E-state index contributed by atoms with van der Waals surface area (Å²) in [6, 6.07) is 12.0. The highest BCUT2D eigenvalue weighted by atomic mass is 16.5. The van der Waals surface area contributed by atoms with E-state index in [1.807, 2.05) is 47.1 Å². The molecule has 4 rings (SSSR count). The molecule has 2 aromatic rings. The molecular formula is C24H29N3O3. The van der Waals surface area contributed by atoms with Gasteiger partial charge in [0.15, 0.2) is 0 Å². The fourth-order valence-electron chi connectivity index (χ4n) is 4.78. The van der Waals surface area contributed by atoms with Crippen molar-refractivity contribution in [3.05, 3.63) is 53.1 Å². The maximum absolute atomic E-state index is 13.7. The highest BCUT2D eigenvalue weighted by Gasteiger charge is 2.38. The summed E-state index contributed by atoms with van der Waals surface area (Å²) < 4.78 is 5.40. The van der Waals surface area contributed by atoms with Crippen LogP contribution in [0.3, 0.4) is 0 Å². The van der Waals surface area contributed by atoms with Gasteiger partial charge in [-0.2, -0.15) is 0 Å². The second kappa shape index (κ2) is 8.01. The molecule has 0 aromatic heterocycles. The first-order chi connectivity index (χ1) is 14.4. The van der Waals surface area contributed by atoms with Crippen LogP contribution in [0.5, 0.6) is 5.75 Å². The largest absolute Gasteiger partial charge is 0.496 e. The third kappa shape index (κ3) is 3.51. The first-order valence-electron chi connectivity index (χ1n) is 10.5. The number of fused-ring (bicyclic) bond motifs is 1. The number of carbonyl (C=O) groups excluding carboxylic acids is 2. The number of ether oxygens (including phenoxy) is 1. The lowest BCUT2D eigenvalue weighted by Crippen LogP contribution is -2.51. The quantitative estimate of drug-likeness (QED) is 0.815. The maximum atomic E-state index is 13.7. The van der Waals surface area contributed by atoms with Crippen molar-refractivity contribution in [2.75, 3.05) is 12.0 Å². The van der Waals surface area contributed by atoms with E-state index in [0.29, 0.717) is 6.54 Å². The number of nitrogens with zero attached hydrogens (tertiary/aromatic N) is 2. The molecule has 1 aliphatic heterocycles. The highest BCUT2D eigenvalue weighted by molar-refractivity contribution is 6.02. The number of benzene rings is 2. The zero-order chi connectivity index (χ0) is 21.4. The Labute approximate surface area is 177 Å². The zero-order valence-corrected chi connectivity index (χ0v) is 17.9. The second-order valence-corrected chi connectivity index (χ2v) is 8.38. The molecule has 6 heteroatoms. The third-order valence-corrected chi connectivity index (χ3v) is 6.57. The number of aryl methyl sites for hydroxylation is 2. The molecule has 2 aromatic carbocycles. The predicted molar refractivity (Wildman–Crippen MR) is 117 cm³/mol. The molecule has 2 aliphatic rings. The number of anilines is 2. The van der Waals surface area contributed by atoms with E-state index in [9.17, 15) is 9.59 Å². The van der Waals surface area contributed by atoms with E-state index < -0.39 is 0 Å². The van der Waals surface area contributed by atoms with Crippen LogP contribution in [-0.4, -0.2) is 30.0 Å². The van der Waals surface area contributed by atoms with Gasteiger partial charge in [0.1, 0.15) is 5.75 Å². The normalized spacial score (nSPS) is 21.4. The predicted octanol–water partition coefficient (Wildman–Crippen LogP) is 4.43. The molecule has 0 atom stereocenters. The lowest BCUT2D eigenvalue weighted by atomic mass is 9.84. The van der Waals surface area contributed by atoms with Gasteiger partial charge < -0.3 is 15.4 Å². The Morgan fingerprint density at radius 2 is 1.80 bits per heavy atom. The van der Waals surface area contributed by atoms with Gasteiger partial charge in [-0.25, -0.2) is 4.79 Å². The summed E-state index contributed by atoms with van der Waals surface area (Å²) in [4.78, 5) is 29.1. The zero-order valence-electron chi connectivity index (χ0n) is 17.9. The van der Waals surface area contributed by atoms with Gasteiger partial charge >= 0.3 is 6.03 Å². The first-order valence-corrected chi connectivity index (χ1v) is 10.5. The summed E-state index contributed by atoms with van der Waals surface area (Å²) in [5.41, 5.74) is 10.6. The van der Waals surface area contributed by atoms with Crippen molar-refractivity contribution in [2.24, 2.45) is 11.7 Å². The lowest BCUT2D eigenvalue weighted by molar-refractivity contribution is -0.123. The Balaban J connectivity index is 1.71. The molecule has 0 spiro atoms. The molecule has 2 N–H and O–H groups in total. The number of amides is 3. The van der Waals surface area contributed by atoms with Crippen LogP contribution in [0.4, 0.5) is 16.2 Å². The van der Waals surface area contributed by atoms with E-state index in [1.54, 1.807) is 7.11 Å². The van der Waals surface area contributed by atoms with Crippen molar-refractivity contribution >= 4 is 23.3 Å². The average molecular weight is 408 g/mol. The summed E-state index contributed by atoms with van der Waals surface area (Å²) in [5, 5.41) is 0. The molecule has 0 saturated heterocycles. The van der Waals surface area contributed by atoms with Crippen molar-refractivity contribution < 1.29 is 14.3 Å². The Morgan fingerprint density at radius 1 is 1.07 bits per heavy atom. The average Bonchev–Trinajstić information content (AvgIpc) is 2.74. The Kier molecular flexibility index (Phi) is 5.41. The lowest BCUT2D eigenvalue weighted by Gasteiger charge is -2.43. The van der Waals surface area contributed by atoms with Crippen LogP contribution in [0.1, 0.15) is 42.4 Å². The van der Waals surface area contributed by atoms with Crippen LogP contribution in [0.15, 0.2) is 36.4 Å². The molecule has 158 valence electrons. The van der Waals surface area contributed by atoms with Crippen LogP contribution in [0, 0.1) is 19.8 Å². The molecule has 0 radical (unpaired) electrons. The van der Waals surface area contributed by atoms with Crippen LogP contribution < -0.4 is 15.4 Å². The Bertz CT molecular complexity index is 980. The van der Waals surface area contributed by atoms with Gasteiger partial charge in [-0.3, -0.25) is 9.69 Å². The van der Waals surface area contributed by atoms with Gasteiger partial charge in [-0.05, 0) is 80.5 Å². The van der Waals surface area contributed by atoms with E-state index >= 15 is 0 Å². The summed E-state index contributed by atoms with van der Waals surface area (Å²) in [6.07, 6.45) is 3.09. The van der Waals surface area contributed by atoms with Crippen LogP contribution in [0.2, 0.25) is 0 Å². The summed E-state index contributed by atoms with van der Waals surface area (Å²) in [5.74, 6) is 0.500. The number of urea groups is 1. The maximum Gasteiger partial charge on any atom is 0.329 e. The Hall–Kier alpha value is -3.02. The number of methoxy groups -OCH3 is 1. The smallest absolute Gasteiger partial charge is 0.329 e. The minimum atomic E-state index is -0.227. The van der Waals surface area contributed by atoms with E-state index in [-0.39, 0.29) is 23.9 Å². The minimum absolute atomic E-state index is 0.0137. The second-order valence-electron chi connectivity index (χ2n) is 8.38. The Morgan fingerprint density at radius 3 is 2.43 bits per heavy atom. The number of carbonyl (C=O) groups is 2. The number of hydrogen-bond acceptors (Lipinski definition) is 3. The van der Waals surface area contributed by atoms with Gasteiger partial charge in [-0.15, -0.1) is 0 Å². The summed E-state index contributed by atoms with van der Waals surface area (Å²) >= 11 is 0. The molecule has 3 amide bonds. The summed E-state index contributed by atoms with van der Waals surface area (Å²) in [7, 11) is 1.65. The topological polar surface area (TPSA) is 75.9 Å². The van der Waals surface area contributed by atoms with Crippen molar-refractivity contribution in [1.29, 1.82) is 0 Å². The van der Waals surface area contributed by atoms with E-state index in [1.165, 1.54) is 11.1 Å². The number of hydrogen-bond donors (Lipinski definition) is 1. The molecule has 6 nitrogen and oxygen atoms in total. The van der Waals surface area contributed by atoms with Crippen molar-refractivity contribution in [3.63, 3.8) is 0 Å². The van der Waals surface area contributed by atoms with Crippen molar-refractivity contribution in [2.45, 2.75) is 52.1 Å². The van der Waals surface area contributed by atoms with Crippen molar-refractivity contribution in [3.8, 4) is 5.75 Å². The first kappa shape index (κ1) is 20.3. The van der Waals surface area contributed by atoms with E-state index in [4.69, 9.17) is 10.5 Å². The number of primary amides is 1. The van der Waals surface area contributed by atoms with Gasteiger partial charge in [-0.1, -0.05) is 12.1 Å². The highest BCUT2D eigenvalue weighted by Crippen LogP contribution is 2.40.